The first-order chi connectivity index (χ1) is 25.6. The minimum Gasteiger partial charge on any atom is -0.490 e. The third-order valence-electron chi connectivity index (χ3n) is 12.0. The van der Waals surface area contributed by atoms with Gasteiger partial charge in [0.25, 0.3) is 11.8 Å². The number of hydrogen-bond acceptors (Lipinski definition) is 7. The molecular formula is C42H48ClN3O6S. The number of benzene rings is 3. The molecule has 2 aliphatic carbocycles. The number of hydrogen-bond donors (Lipinski definition) is 1. The van der Waals surface area contributed by atoms with E-state index in [4.69, 9.17) is 25.8 Å². The number of halogens is 1. The predicted octanol–water partition coefficient (Wildman–Crippen LogP) is 7.23. The number of anilines is 1. The zero-order valence-corrected chi connectivity index (χ0v) is 32.0. The maximum absolute atomic E-state index is 14.7. The first kappa shape index (κ1) is 36.3. The number of rotatable bonds is 3. The maximum Gasteiger partial charge on any atom is 0.286 e. The molecule has 1 spiro atoms. The summed E-state index contributed by atoms with van der Waals surface area (Å²) in [5.41, 5.74) is 5.44. The number of aryl methyl sites for hydroxylation is 1. The minimum absolute atomic E-state index is 0.00789. The summed E-state index contributed by atoms with van der Waals surface area (Å²) >= 11 is 6.47. The fourth-order valence-corrected chi connectivity index (χ4v) is 11.2. The van der Waals surface area contributed by atoms with Crippen molar-refractivity contribution in [3.63, 3.8) is 0 Å². The highest BCUT2D eigenvalue weighted by Gasteiger charge is 2.44. The molecule has 1 unspecified atom stereocenters. The van der Waals surface area contributed by atoms with Crippen molar-refractivity contribution in [2.75, 3.05) is 37.5 Å². The van der Waals surface area contributed by atoms with Crippen LogP contribution < -0.4 is 14.4 Å². The lowest BCUT2D eigenvalue weighted by Crippen LogP contribution is -2.49. The Labute approximate surface area is 317 Å². The van der Waals surface area contributed by atoms with E-state index < -0.39 is 27.8 Å². The van der Waals surface area contributed by atoms with Crippen molar-refractivity contribution in [1.29, 1.82) is 0 Å². The summed E-state index contributed by atoms with van der Waals surface area (Å²) in [7, 11) is -1.77. The van der Waals surface area contributed by atoms with Crippen LogP contribution in [-0.4, -0.2) is 60.8 Å². The molecule has 3 heterocycles. The third-order valence-corrected chi connectivity index (χ3v) is 14.3. The summed E-state index contributed by atoms with van der Waals surface area (Å²) in [6.07, 6.45) is 9.41. The van der Waals surface area contributed by atoms with Crippen molar-refractivity contribution in [1.82, 2.24) is 4.72 Å². The highest BCUT2D eigenvalue weighted by molar-refractivity contribution is 7.92. The lowest BCUT2D eigenvalue weighted by Gasteiger charge is -2.46. The van der Waals surface area contributed by atoms with Gasteiger partial charge in [-0.1, -0.05) is 61.0 Å². The van der Waals surface area contributed by atoms with Crippen LogP contribution >= 0.6 is 11.6 Å². The number of nitrogens with zero attached hydrogens (tertiary/aromatic N) is 2. The molecule has 2 amide bonds. The van der Waals surface area contributed by atoms with Crippen molar-refractivity contribution in [2.45, 2.75) is 76.1 Å². The Morgan fingerprint density at radius 3 is 2.75 bits per heavy atom. The van der Waals surface area contributed by atoms with Crippen LogP contribution in [-0.2, 0) is 49.0 Å². The molecule has 0 aromatic heterocycles. The number of amides is 2. The second-order valence-electron chi connectivity index (χ2n) is 15.7. The molecule has 3 aliphatic heterocycles. The Balaban J connectivity index is 1.16. The van der Waals surface area contributed by atoms with Crippen LogP contribution in [0.15, 0.2) is 77.2 Å². The van der Waals surface area contributed by atoms with Gasteiger partial charge in [0.15, 0.2) is 0 Å². The van der Waals surface area contributed by atoms with Crippen molar-refractivity contribution in [3.05, 3.63) is 106 Å². The van der Waals surface area contributed by atoms with Crippen molar-refractivity contribution >= 4 is 39.0 Å². The van der Waals surface area contributed by atoms with Crippen LogP contribution in [0.2, 0.25) is 5.02 Å². The quantitative estimate of drug-likeness (QED) is 0.281. The van der Waals surface area contributed by atoms with Gasteiger partial charge in [0.2, 0.25) is 0 Å². The smallest absolute Gasteiger partial charge is 0.286 e. The van der Waals surface area contributed by atoms with Crippen LogP contribution in [0.5, 0.6) is 5.75 Å². The molecule has 8 rings (SSSR count). The van der Waals surface area contributed by atoms with Crippen molar-refractivity contribution < 1.29 is 28.0 Å². The van der Waals surface area contributed by atoms with E-state index in [0.717, 1.165) is 67.0 Å². The van der Waals surface area contributed by atoms with Gasteiger partial charge in [0, 0.05) is 42.6 Å². The van der Waals surface area contributed by atoms with E-state index in [2.05, 4.69) is 38.3 Å². The largest absolute Gasteiger partial charge is 0.490 e. The second-order valence-corrected chi connectivity index (χ2v) is 18.1. The van der Waals surface area contributed by atoms with E-state index >= 15 is 0 Å². The molecule has 0 saturated heterocycles. The van der Waals surface area contributed by atoms with Crippen LogP contribution in [0.3, 0.4) is 0 Å². The first-order valence-corrected chi connectivity index (χ1v) is 21.0. The Kier molecular flexibility index (Phi) is 10.2. The molecule has 1 saturated carbocycles. The van der Waals surface area contributed by atoms with E-state index in [-0.39, 0.29) is 29.8 Å². The van der Waals surface area contributed by atoms with Crippen LogP contribution in [0.25, 0.3) is 0 Å². The number of carbonyl (C=O) groups excluding carboxylic acids is 2. The maximum atomic E-state index is 14.7. The lowest BCUT2D eigenvalue weighted by molar-refractivity contribution is -0.132. The fourth-order valence-electron chi connectivity index (χ4n) is 9.11. The van der Waals surface area contributed by atoms with Gasteiger partial charge in [0.1, 0.15) is 21.8 Å². The average Bonchev–Trinajstić information content (AvgIpc) is 3.28. The monoisotopic (exact) mass is 757 g/mol. The molecule has 1 fully saturated rings. The Hall–Kier alpha value is -3.70. The predicted molar refractivity (Wildman–Crippen MR) is 207 cm³/mol. The third kappa shape index (κ3) is 7.40. The Bertz CT molecular complexity index is 2060. The van der Waals surface area contributed by atoms with E-state index in [1.54, 1.807) is 13.2 Å². The lowest BCUT2D eigenvalue weighted by atomic mass is 9.68. The number of allylic oxidation sites excluding steroid dienone is 1. The SMILES string of the molecule is CO[C@H]1/C=C\C[C@H](C)CS(=O)(NC(=O)[C@H]2Cc3ccccc3CO2)=NC(=O)c2ccc3c(c2)N(C[C@@H]2CC[C@H]21)C[C@@]1(CCCc2cc(Cl)ccc21)CO3. The summed E-state index contributed by atoms with van der Waals surface area (Å²) < 4.78 is 40.4. The number of methoxy groups -OCH3 is 1. The van der Waals surface area contributed by atoms with E-state index in [9.17, 15) is 13.8 Å². The number of carbonyl (C=O) groups is 2. The summed E-state index contributed by atoms with van der Waals surface area (Å²) in [4.78, 5) is 30.2. The summed E-state index contributed by atoms with van der Waals surface area (Å²) in [5, 5.41) is 0.741. The second kappa shape index (κ2) is 14.9. The summed E-state index contributed by atoms with van der Waals surface area (Å²) in [6, 6.07) is 19.4. The fraction of sp³-hybridized carbons (Fsp3) is 0.476. The standard InChI is InChI=1S/C42H48ClN3O6S/c1-27-7-5-11-37(50-2)34-15-12-31(34)22-46-25-42(18-6-10-29-19-33(43)14-16-35(29)42)26-52-38-17-13-30(20-36(38)46)40(47)44-53(49,24-27)45-41(48)39-21-28-8-3-4-9-32(28)23-51-39/h3-5,8-9,11,13-14,16-17,19-20,27,31,34,37,39H,6-7,10,12,15,18,21-26H2,1-2H3,(H,44,45,47,48,49)/b11-5-/t27-,31-,34+,37-,39+,42-,53?/m0/s1. The molecule has 11 heteroatoms. The molecule has 7 atom stereocenters. The molecule has 1 N–H and O–H groups in total. The van der Waals surface area contributed by atoms with Crippen LogP contribution in [0, 0.1) is 17.8 Å². The normalized spacial score (nSPS) is 31.7. The van der Waals surface area contributed by atoms with E-state index in [1.165, 1.54) is 11.1 Å². The highest BCUT2D eigenvalue weighted by Crippen LogP contribution is 2.47. The summed E-state index contributed by atoms with van der Waals surface area (Å²) in [6.45, 7) is 4.25. The number of nitrogens with one attached hydrogen (secondary N) is 1. The van der Waals surface area contributed by atoms with Gasteiger partial charge in [0.05, 0.1) is 30.8 Å². The Morgan fingerprint density at radius 2 is 1.94 bits per heavy atom. The molecular weight excluding hydrogens is 710 g/mol. The molecule has 3 aromatic rings. The van der Waals surface area contributed by atoms with Crippen molar-refractivity contribution in [2.24, 2.45) is 22.1 Å². The van der Waals surface area contributed by atoms with Gasteiger partial charge in [-0.25, -0.2) is 4.21 Å². The molecule has 0 radical (unpaired) electrons. The summed E-state index contributed by atoms with van der Waals surface area (Å²) in [5.74, 6) is 0.120. The Morgan fingerprint density at radius 1 is 1.09 bits per heavy atom. The molecule has 9 nitrogen and oxygen atoms in total. The van der Waals surface area contributed by atoms with E-state index in [1.807, 2.05) is 49.4 Å². The zero-order valence-electron chi connectivity index (χ0n) is 30.4. The highest BCUT2D eigenvalue weighted by atomic mass is 35.5. The van der Waals surface area contributed by atoms with Gasteiger partial charge >= 0.3 is 0 Å². The number of ether oxygens (including phenoxy) is 3. The molecule has 2 bridgehead atoms. The topological polar surface area (TPSA) is 107 Å². The average molecular weight is 758 g/mol. The van der Waals surface area contributed by atoms with Crippen molar-refractivity contribution in [3.8, 4) is 5.75 Å². The van der Waals surface area contributed by atoms with Gasteiger partial charge in [-0.3, -0.25) is 14.3 Å². The van der Waals surface area contributed by atoms with Gasteiger partial charge in [-0.2, -0.15) is 0 Å². The van der Waals surface area contributed by atoms with Gasteiger partial charge < -0.3 is 19.1 Å². The molecule has 280 valence electrons. The first-order valence-electron chi connectivity index (χ1n) is 18.9. The minimum atomic E-state index is -3.54. The van der Waals surface area contributed by atoms with Crippen LogP contribution in [0.4, 0.5) is 5.69 Å². The number of fused-ring (bicyclic) bond motifs is 5. The molecule has 5 aliphatic rings. The van der Waals surface area contributed by atoms with Gasteiger partial charge in [-0.05, 0) is 109 Å². The molecule has 3 aromatic carbocycles. The van der Waals surface area contributed by atoms with Gasteiger partial charge in [-0.15, -0.1) is 4.36 Å². The molecule has 53 heavy (non-hydrogen) atoms. The van der Waals surface area contributed by atoms with Crippen LogP contribution in [0.1, 0.15) is 71.6 Å². The van der Waals surface area contributed by atoms with E-state index in [0.29, 0.717) is 42.6 Å². The zero-order chi connectivity index (χ0) is 36.7.